The quantitative estimate of drug-likeness (QED) is 0.647. The normalized spacial score (nSPS) is 15.0. The Kier molecular flexibility index (Phi) is 2.35. The monoisotopic (exact) mass is 270 g/mol. The van der Waals surface area contributed by atoms with Crippen LogP contribution in [0.15, 0.2) is 40.8 Å². The van der Waals surface area contributed by atoms with E-state index in [1.165, 1.54) is 12.8 Å². The molecule has 3 nitrogen and oxygen atoms in total. The predicted molar refractivity (Wildman–Crippen MR) is 74.2 cm³/mol. The first-order chi connectivity index (χ1) is 9.29. The molecule has 0 saturated heterocycles. The second kappa shape index (κ2) is 4.07. The maximum Gasteiger partial charge on any atom is 0.197 e. The van der Waals surface area contributed by atoms with Gasteiger partial charge < -0.3 is 4.42 Å². The molecule has 1 aliphatic carbocycles. The molecule has 4 rings (SSSR count). The summed E-state index contributed by atoms with van der Waals surface area (Å²) in [6.07, 6.45) is 2.37. The van der Waals surface area contributed by atoms with E-state index in [1.54, 1.807) is 0 Å². The van der Waals surface area contributed by atoms with Crippen LogP contribution < -0.4 is 0 Å². The summed E-state index contributed by atoms with van der Waals surface area (Å²) in [5, 5.41) is 1.53. The van der Waals surface area contributed by atoms with Crippen molar-refractivity contribution in [3.63, 3.8) is 0 Å². The summed E-state index contributed by atoms with van der Waals surface area (Å²) < 4.78 is 5.78. The number of hydrogen-bond donors (Lipinski definition) is 0. The Bertz CT molecular complexity index is 729. The number of rotatable bonds is 2. The van der Waals surface area contributed by atoms with Crippen LogP contribution in [0.4, 0.5) is 0 Å². The summed E-state index contributed by atoms with van der Waals surface area (Å²) in [5.41, 5.74) is 1.87. The van der Waals surface area contributed by atoms with Crippen molar-refractivity contribution < 1.29 is 4.42 Å². The molecule has 0 aliphatic heterocycles. The highest BCUT2D eigenvalue weighted by atomic mass is 35.5. The van der Waals surface area contributed by atoms with Gasteiger partial charge in [0.15, 0.2) is 11.6 Å². The molecule has 1 fully saturated rings. The van der Waals surface area contributed by atoms with Gasteiger partial charge in [0.2, 0.25) is 0 Å². The SMILES string of the molecule is Clc1cc(C2CC2)nc(-c2cc3ccccc3o2)n1. The fourth-order valence-corrected chi connectivity index (χ4v) is 2.42. The van der Waals surface area contributed by atoms with Crippen LogP contribution in [0.5, 0.6) is 0 Å². The first-order valence-electron chi connectivity index (χ1n) is 6.33. The first-order valence-corrected chi connectivity index (χ1v) is 6.71. The second-order valence-corrected chi connectivity index (χ2v) is 5.25. The van der Waals surface area contributed by atoms with Gasteiger partial charge in [-0.15, -0.1) is 0 Å². The van der Waals surface area contributed by atoms with Gasteiger partial charge in [0.1, 0.15) is 10.7 Å². The fraction of sp³-hybridized carbons (Fsp3) is 0.200. The summed E-state index contributed by atoms with van der Waals surface area (Å²) in [7, 11) is 0. The minimum Gasteiger partial charge on any atom is -0.453 e. The molecule has 2 aromatic heterocycles. The fourth-order valence-electron chi connectivity index (χ4n) is 2.23. The van der Waals surface area contributed by atoms with Gasteiger partial charge in [-0.25, -0.2) is 9.97 Å². The van der Waals surface area contributed by atoms with Crippen LogP contribution >= 0.6 is 11.6 Å². The average molecular weight is 271 g/mol. The number of benzene rings is 1. The molecule has 1 aliphatic rings. The summed E-state index contributed by atoms with van der Waals surface area (Å²) in [6, 6.07) is 11.7. The van der Waals surface area contributed by atoms with Gasteiger partial charge in [-0.2, -0.15) is 0 Å². The Morgan fingerprint density at radius 3 is 2.74 bits per heavy atom. The maximum absolute atomic E-state index is 6.08. The molecule has 2 heterocycles. The average Bonchev–Trinajstić information content (AvgIpc) is 3.17. The summed E-state index contributed by atoms with van der Waals surface area (Å²) in [6.45, 7) is 0. The molecule has 0 spiro atoms. The van der Waals surface area contributed by atoms with E-state index in [1.807, 2.05) is 36.4 Å². The third-order valence-corrected chi connectivity index (χ3v) is 3.55. The summed E-state index contributed by atoms with van der Waals surface area (Å²) >= 11 is 6.08. The third-order valence-electron chi connectivity index (χ3n) is 3.36. The van der Waals surface area contributed by atoms with E-state index < -0.39 is 0 Å². The molecular formula is C15H11ClN2O. The van der Waals surface area contributed by atoms with E-state index in [2.05, 4.69) is 9.97 Å². The lowest BCUT2D eigenvalue weighted by Gasteiger charge is -2.01. The number of fused-ring (bicyclic) bond motifs is 1. The van der Waals surface area contributed by atoms with Crippen LogP contribution in [0.1, 0.15) is 24.5 Å². The third kappa shape index (κ3) is 2.00. The Labute approximate surface area is 115 Å². The maximum atomic E-state index is 6.08. The molecule has 3 aromatic rings. The van der Waals surface area contributed by atoms with Crippen molar-refractivity contribution in [2.45, 2.75) is 18.8 Å². The number of nitrogens with zero attached hydrogens (tertiary/aromatic N) is 2. The van der Waals surface area contributed by atoms with Crippen molar-refractivity contribution in [3.05, 3.63) is 47.2 Å². The molecule has 0 atom stereocenters. The predicted octanol–water partition coefficient (Wildman–Crippen LogP) is 4.42. The second-order valence-electron chi connectivity index (χ2n) is 4.86. The standard InChI is InChI=1S/C15H11ClN2O/c16-14-8-11(9-5-6-9)17-15(18-14)13-7-10-3-1-2-4-12(10)19-13/h1-4,7-9H,5-6H2. The smallest absolute Gasteiger partial charge is 0.197 e. The van der Waals surface area contributed by atoms with E-state index in [0.717, 1.165) is 16.7 Å². The molecule has 0 radical (unpaired) electrons. The summed E-state index contributed by atoms with van der Waals surface area (Å²) in [4.78, 5) is 8.84. The van der Waals surface area contributed by atoms with Gasteiger partial charge in [0.05, 0.1) is 0 Å². The van der Waals surface area contributed by atoms with Gasteiger partial charge in [0, 0.05) is 17.0 Å². The zero-order valence-electron chi connectivity index (χ0n) is 10.1. The lowest BCUT2D eigenvalue weighted by Crippen LogP contribution is -1.93. The Balaban J connectivity index is 1.86. The van der Waals surface area contributed by atoms with E-state index in [0.29, 0.717) is 22.7 Å². The lowest BCUT2D eigenvalue weighted by molar-refractivity contribution is 0.624. The van der Waals surface area contributed by atoms with Crippen molar-refractivity contribution in [1.82, 2.24) is 9.97 Å². The molecule has 1 aromatic carbocycles. The lowest BCUT2D eigenvalue weighted by atomic mass is 10.2. The van der Waals surface area contributed by atoms with Gasteiger partial charge in [-0.3, -0.25) is 0 Å². The van der Waals surface area contributed by atoms with Crippen molar-refractivity contribution in [2.24, 2.45) is 0 Å². The zero-order chi connectivity index (χ0) is 12.8. The number of furan rings is 1. The number of aromatic nitrogens is 2. The van der Waals surface area contributed by atoms with Crippen molar-refractivity contribution in [3.8, 4) is 11.6 Å². The molecule has 0 unspecified atom stereocenters. The van der Waals surface area contributed by atoms with Crippen LogP contribution in [-0.2, 0) is 0 Å². The van der Waals surface area contributed by atoms with Crippen LogP contribution in [0.3, 0.4) is 0 Å². The minimum atomic E-state index is 0.479. The molecule has 19 heavy (non-hydrogen) atoms. The van der Waals surface area contributed by atoms with Crippen LogP contribution in [0, 0.1) is 0 Å². The molecule has 0 amide bonds. The molecule has 0 bridgehead atoms. The highest BCUT2D eigenvalue weighted by Gasteiger charge is 2.26. The minimum absolute atomic E-state index is 0.479. The van der Waals surface area contributed by atoms with Crippen molar-refractivity contribution in [1.29, 1.82) is 0 Å². The Morgan fingerprint density at radius 2 is 1.95 bits per heavy atom. The summed E-state index contributed by atoms with van der Waals surface area (Å²) in [5.74, 6) is 1.79. The van der Waals surface area contributed by atoms with Gasteiger partial charge in [0.25, 0.3) is 0 Å². The van der Waals surface area contributed by atoms with Gasteiger partial charge in [-0.1, -0.05) is 29.8 Å². The number of halogens is 1. The zero-order valence-corrected chi connectivity index (χ0v) is 10.9. The van der Waals surface area contributed by atoms with E-state index in [-0.39, 0.29) is 0 Å². The topological polar surface area (TPSA) is 38.9 Å². The van der Waals surface area contributed by atoms with E-state index >= 15 is 0 Å². The highest BCUT2D eigenvalue weighted by Crippen LogP contribution is 2.40. The molecule has 4 heteroatoms. The van der Waals surface area contributed by atoms with Gasteiger partial charge >= 0.3 is 0 Å². The number of hydrogen-bond acceptors (Lipinski definition) is 3. The molecule has 1 saturated carbocycles. The number of para-hydroxylation sites is 1. The molecule has 94 valence electrons. The largest absolute Gasteiger partial charge is 0.453 e. The molecule has 0 N–H and O–H groups in total. The van der Waals surface area contributed by atoms with E-state index in [9.17, 15) is 0 Å². The van der Waals surface area contributed by atoms with Crippen LogP contribution in [0.25, 0.3) is 22.6 Å². The van der Waals surface area contributed by atoms with Crippen molar-refractivity contribution in [2.75, 3.05) is 0 Å². The van der Waals surface area contributed by atoms with Crippen LogP contribution in [-0.4, -0.2) is 9.97 Å². The Morgan fingerprint density at radius 1 is 1.11 bits per heavy atom. The van der Waals surface area contributed by atoms with Crippen molar-refractivity contribution >= 4 is 22.6 Å². The highest BCUT2D eigenvalue weighted by molar-refractivity contribution is 6.29. The first kappa shape index (κ1) is 11.0. The Hall–Kier alpha value is -1.87. The van der Waals surface area contributed by atoms with Crippen LogP contribution in [0.2, 0.25) is 5.15 Å². The van der Waals surface area contributed by atoms with E-state index in [4.69, 9.17) is 16.0 Å². The molecular weight excluding hydrogens is 260 g/mol. The van der Waals surface area contributed by atoms with Gasteiger partial charge in [-0.05, 0) is 31.0 Å².